The second-order valence-corrected chi connectivity index (χ2v) is 9.80. The van der Waals surface area contributed by atoms with Crippen LogP contribution in [0.5, 0.6) is 0 Å². The summed E-state index contributed by atoms with van der Waals surface area (Å²) in [6.45, 7) is 5.48. The Morgan fingerprint density at radius 3 is 2.16 bits per heavy atom. The minimum atomic E-state index is -0.118. The summed E-state index contributed by atoms with van der Waals surface area (Å²) in [5, 5.41) is 13.3. The maximum absolute atomic E-state index is 12.4. The molecular weight excluding hydrogens is 386 g/mol. The lowest BCUT2D eigenvalue weighted by Crippen LogP contribution is -2.36. The molecule has 0 radical (unpaired) electrons. The van der Waals surface area contributed by atoms with Gasteiger partial charge in [-0.1, -0.05) is 71.6 Å². The molecule has 1 fully saturated rings. The Hall–Kier alpha value is -0.610. The van der Waals surface area contributed by atoms with Crippen molar-refractivity contribution in [3.63, 3.8) is 0 Å². The predicted molar refractivity (Wildman–Crippen MR) is 131 cm³/mol. The highest BCUT2D eigenvalue weighted by Crippen LogP contribution is 2.19. The lowest BCUT2D eigenvalue weighted by atomic mass is 9.93. The van der Waals surface area contributed by atoms with E-state index in [-0.39, 0.29) is 18.2 Å². The average molecular weight is 440 g/mol. The highest BCUT2D eigenvalue weighted by Gasteiger charge is 2.19. The summed E-state index contributed by atoms with van der Waals surface area (Å²) in [5.41, 5.74) is 0. The van der Waals surface area contributed by atoms with Gasteiger partial charge < -0.3 is 15.2 Å². The quantitative estimate of drug-likeness (QED) is 0.157. The molecule has 1 rings (SSSR count). The van der Waals surface area contributed by atoms with Crippen LogP contribution in [-0.2, 0) is 9.53 Å². The van der Waals surface area contributed by atoms with E-state index in [1.54, 1.807) is 0 Å². The monoisotopic (exact) mass is 439 g/mol. The van der Waals surface area contributed by atoms with Gasteiger partial charge in [0.15, 0.2) is 0 Å². The number of esters is 1. The molecule has 0 aliphatic heterocycles. The van der Waals surface area contributed by atoms with E-state index in [2.05, 4.69) is 19.2 Å². The molecule has 3 unspecified atom stereocenters. The second-order valence-electron chi connectivity index (χ2n) is 9.80. The summed E-state index contributed by atoms with van der Waals surface area (Å²) in [6, 6.07) is 0.476. The van der Waals surface area contributed by atoms with Crippen LogP contribution >= 0.6 is 0 Å². The van der Waals surface area contributed by atoms with E-state index in [1.165, 1.54) is 70.6 Å². The molecule has 31 heavy (non-hydrogen) atoms. The average Bonchev–Trinajstić information content (AvgIpc) is 2.76. The van der Waals surface area contributed by atoms with Crippen LogP contribution in [0.25, 0.3) is 0 Å². The summed E-state index contributed by atoms with van der Waals surface area (Å²) in [6.07, 6.45) is 22.6. The van der Waals surface area contributed by atoms with Crippen LogP contribution in [0.4, 0.5) is 0 Å². The molecule has 1 saturated carbocycles. The molecule has 4 heteroatoms. The first-order chi connectivity index (χ1) is 15.2. The maximum atomic E-state index is 12.4. The Balaban J connectivity index is 2.12. The molecular formula is C27H53NO3. The predicted octanol–water partition coefficient (Wildman–Crippen LogP) is 7.07. The Kier molecular flexibility index (Phi) is 18.4. The first-order valence-corrected chi connectivity index (χ1v) is 13.8. The smallest absolute Gasteiger partial charge is 0.306 e. The van der Waals surface area contributed by atoms with Crippen LogP contribution in [0.15, 0.2) is 0 Å². The number of ether oxygens (including phenoxy) is 1. The van der Waals surface area contributed by atoms with E-state index in [9.17, 15) is 9.90 Å². The minimum absolute atomic E-state index is 0.00911. The third-order valence-corrected chi connectivity index (χ3v) is 6.69. The van der Waals surface area contributed by atoms with E-state index in [0.717, 1.165) is 57.9 Å². The highest BCUT2D eigenvalue weighted by molar-refractivity contribution is 5.69. The van der Waals surface area contributed by atoms with Gasteiger partial charge in [0.2, 0.25) is 0 Å². The summed E-state index contributed by atoms with van der Waals surface area (Å²) in [4.78, 5) is 12.4. The van der Waals surface area contributed by atoms with Gasteiger partial charge in [0, 0.05) is 12.5 Å². The van der Waals surface area contributed by atoms with Crippen molar-refractivity contribution >= 4 is 5.97 Å². The van der Waals surface area contributed by atoms with Crippen molar-refractivity contribution in [2.24, 2.45) is 0 Å². The van der Waals surface area contributed by atoms with Crippen molar-refractivity contribution in [3.8, 4) is 0 Å². The fraction of sp³-hybridized carbons (Fsp3) is 0.963. The molecule has 0 aromatic rings. The number of unbranched alkanes of at least 4 members (excludes halogenated alkanes) is 10. The lowest BCUT2D eigenvalue weighted by Gasteiger charge is -2.26. The number of aliphatic hydroxyl groups excluding tert-OH is 1. The zero-order chi connectivity index (χ0) is 22.6. The van der Waals surface area contributed by atoms with Crippen LogP contribution in [0.2, 0.25) is 0 Å². The van der Waals surface area contributed by atoms with Crippen LogP contribution in [0.3, 0.4) is 0 Å². The molecule has 4 nitrogen and oxygen atoms in total. The van der Waals surface area contributed by atoms with Crippen molar-refractivity contribution in [1.82, 2.24) is 5.32 Å². The standard InChI is InChI=1S/C27H53NO3/c1-3-5-7-9-10-13-20-26(19-12-8-6-4-2)31-27(30)21-14-11-15-22-28-24-17-16-18-25(29)23-24/h24-26,28-29H,3-23H2,1-2H3. The van der Waals surface area contributed by atoms with Crippen LogP contribution < -0.4 is 5.32 Å². The Morgan fingerprint density at radius 1 is 0.871 bits per heavy atom. The van der Waals surface area contributed by atoms with E-state index in [0.29, 0.717) is 12.5 Å². The van der Waals surface area contributed by atoms with Crippen LogP contribution in [-0.4, -0.2) is 35.9 Å². The summed E-state index contributed by atoms with van der Waals surface area (Å²) in [5.74, 6) is 0.00911. The first-order valence-electron chi connectivity index (χ1n) is 13.8. The number of rotatable bonds is 20. The third-order valence-electron chi connectivity index (χ3n) is 6.69. The van der Waals surface area contributed by atoms with Crippen molar-refractivity contribution in [1.29, 1.82) is 0 Å². The van der Waals surface area contributed by atoms with Crippen LogP contribution in [0, 0.1) is 0 Å². The number of nitrogens with one attached hydrogen (secondary N) is 1. The second kappa shape index (κ2) is 20.0. The summed E-state index contributed by atoms with van der Waals surface area (Å²) >= 11 is 0. The third kappa shape index (κ3) is 16.7. The molecule has 0 aromatic carbocycles. The molecule has 1 aliphatic rings. The Labute approximate surface area is 193 Å². The summed E-state index contributed by atoms with van der Waals surface area (Å²) < 4.78 is 5.89. The maximum Gasteiger partial charge on any atom is 0.306 e. The number of carbonyl (C=O) groups is 1. The molecule has 3 atom stereocenters. The Bertz CT molecular complexity index is 415. The van der Waals surface area contributed by atoms with E-state index >= 15 is 0 Å². The van der Waals surface area contributed by atoms with Gasteiger partial charge in [-0.25, -0.2) is 0 Å². The van der Waals surface area contributed by atoms with Gasteiger partial charge in [-0.2, -0.15) is 0 Å². The van der Waals surface area contributed by atoms with E-state index < -0.39 is 0 Å². The lowest BCUT2D eigenvalue weighted by molar-refractivity contribution is -0.150. The Morgan fingerprint density at radius 2 is 1.48 bits per heavy atom. The number of hydrogen-bond donors (Lipinski definition) is 2. The number of hydrogen-bond acceptors (Lipinski definition) is 4. The van der Waals surface area contributed by atoms with Gasteiger partial charge in [0.05, 0.1) is 6.10 Å². The molecule has 0 saturated heterocycles. The highest BCUT2D eigenvalue weighted by atomic mass is 16.5. The zero-order valence-electron chi connectivity index (χ0n) is 20.8. The largest absolute Gasteiger partial charge is 0.462 e. The van der Waals surface area contributed by atoms with E-state index in [1.807, 2.05) is 0 Å². The van der Waals surface area contributed by atoms with Gasteiger partial charge >= 0.3 is 5.97 Å². The minimum Gasteiger partial charge on any atom is -0.462 e. The molecule has 0 heterocycles. The van der Waals surface area contributed by atoms with Gasteiger partial charge in [-0.15, -0.1) is 0 Å². The van der Waals surface area contributed by atoms with E-state index in [4.69, 9.17) is 4.74 Å². The van der Waals surface area contributed by atoms with Gasteiger partial charge in [-0.3, -0.25) is 4.79 Å². The normalized spacial score (nSPS) is 20.0. The fourth-order valence-corrected chi connectivity index (χ4v) is 4.68. The number of aliphatic hydroxyl groups is 1. The first kappa shape index (κ1) is 28.4. The molecule has 0 bridgehead atoms. The molecule has 2 N–H and O–H groups in total. The SMILES string of the molecule is CCCCCCCCC(CCCCCC)OC(=O)CCCCCNC1CCCC(O)C1. The molecule has 0 spiro atoms. The molecule has 0 amide bonds. The zero-order valence-corrected chi connectivity index (χ0v) is 20.8. The van der Waals surface area contributed by atoms with Crippen LogP contribution in [0.1, 0.15) is 142 Å². The molecule has 0 aromatic heterocycles. The van der Waals surface area contributed by atoms with Crippen molar-refractivity contribution in [2.75, 3.05) is 6.54 Å². The van der Waals surface area contributed by atoms with Gasteiger partial charge in [0.1, 0.15) is 6.10 Å². The van der Waals surface area contributed by atoms with Crippen molar-refractivity contribution in [2.45, 2.75) is 161 Å². The van der Waals surface area contributed by atoms with Gasteiger partial charge in [0.25, 0.3) is 0 Å². The fourth-order valence-electron chi connectivity index (χ4n) is 4.68. The summed E-state index contributed by atoms with van der Waals surface area (Å²) in [7, 11) is 0. The van der Waals surface area contributed by atoms with Crippen molar-refractivity contribution < 1.29 is 14.6 Å². The topological polar surface area (TPSA) is 58.6 Å². The van der Waals surface area contributed by atoms with Crippen molar-refractivity contribution in [3.05, 3.63) is 0 Å². The molecule has 184 valence electrons. The van der Waals surface area contributed by atoms with Gasteiger partial charge in [-0.05, 0) is 70.8 Å². The number of carbonyl (C=O) groups excluding carboxylic acids is 1. The molecule has 1 aliphatic carbocycles.